The molecule has 0 spiro atoms. The Morgan fingerprint density at radius 3 is 2.54 bits per heavy atom. The van der Waals surface area contributed by atoms with Gasteiger partial charge in [0.05, 0.1) is 10.8 Å². The molecule has 3 rings (SSSR count). The van der Waals surface area contributed by atoms with Gasteiger partial charge in [-0.3, -0.25) is 4.40 Å². The SMILES string of the molecule is CC(Sc1nnc2ccc(C(F)(F)F)cn12)c1nc(N)nc(N(C)C)n1. The molecule has 0 radical (unpaired) electrons. The minimum absolute atomic E-state index is 0.0663. The zero-order valence-corrected chi connectivity index (χ0v) is 14.9. The molecule has 26 heavy (non-hydrogen) atoms. The summed E-state index contributed by atoms with van der Waals surface area (Å²) in [6, 6.07) is 2.24. The van der Waals surface area contributed by atoms with E-state index in [-0.39, 0.29) is 11.2 Å². The van der Waals surface area contributed by atoms with Crippen molar-refractivity contribution in [1.82, 2.24) is 29.5 Å². The third kappa shape index (κ3) is 3.64. The molecule has 3 aromatic rings. The summed E-state index contributed by atoms with van der Waals surface area (Å²) < 4.78 is 40.1. The molecule has 3 heterocycles. The van der Waals surface area contributed by atoms with Crippen LogP contribution in [0.4, 0.5) is 25.1 Å². The lowest BCUT2D eigenvalue weighted by molar-refractivity contribution is -0.137. The lowest BCUT2D eigenvalue weighted by Gasteiger charge is -2.14. The molecule has 3 aromatic heterocycles. The van der Waals surface area contributed by atoms with E-state index in [0.717, 1.165) is 12.3 Å². The molecule has 1 atom stereocenters. The van der Waals surface area contributed by atoms with Gasteiger partial charge in [0.15, 0.2) is 10.8 Å². The summed E-state index contributed by atoms with van der Waals surface area (Å²) in [5.74, 6) is 0.858. The molecule has 0 aliphatic heterocycles. The molecule has 0 aliphatic carbocycles. The number of alkyl halides is 3. The predicted molar refractivity (Wildman–Crippen MR) is 90.8 cm³/mol. The molecule has 1 unspecified atom stereocenters. The summed E-state index contributed by atoms with van der Waals surface area (Å²) in [5.41, 5.74) is 5.25. The van der Waals surface area contributed by atoms with Crippen molar-refractivity contribution in [3.8, 4) is 0 Å². The van der Waals surface area contributed by atoms with Crippen molar-refractivity contribution in [2.75, 3.05) is 24.7 Å². The first-order valence-corrected chi connectivity index (χ1v) is 8.30. The standard InChI is InChI=1S/C14H15F3N8S/c1-7(10-19-11(18)21-12(20-10)24(2)3)26-13-23-22-9-5-4-8(6-25(9)13)14(15,16)17/h4-7H,1-3H3,(H2,18,19,20,21). The largest absolute Gasteiger partial charge is 0.417 e. The highest BCUT2D eigenvalue weighted by atomic mass is 32.2. The zero-order chi connectivity index (χ0) is 19.1. The minimum atomic E-state index is -4.45. The van der Waals surface area contributed by atoms with Gasteiger partial charge >= 0.3 is 6.18 Å². The number of fused-ring (bicyclic) bond motifs is 1. The molecule has 0 amide bonds. The van der Waals surface area contributed by atoms with Gasteiger partial charge in [0, 0.05) is 20.3 Å². The number of nitrogens with zero attached hydrogens (tertiary/aromatic N) is 7. The van der Waals surface area contributed by atoms with E-state index < -0.39 is 11.7 Å². The van der Waals surface area contributed by atoms with Crippen LogP contribution >= 0.6 is 11.8 Å². The molecule has 0 aromatic carbocycles. The van der Waals surface area contributed by atoms with E-state index in [1.54, 1.807) is 25.9 Å². The number of aromatic nitrogens is 6. The van der Waals surface area contributed by atoms with Gasteiger partial charge in [-0.25, -0.2) is 0 Å². The fourth-order valence-electron chi connectivity index (χ4n) is 2.11. The first-order valence-electron chi connectivity index (χ1n) is 7.42. The van der Waals surface area contributed by atoms with E-state index in [2.05, 4.69) is 25.1 Å². The molecule has 0 saturated heterocycles. The quantitative estimate of drug-likeness (QED) is 0.685. The van der Waals surface area contributed by atoms with Crippen molar-refractivity contribution in [2.24, 2.45) is 0 Å². The number of pyridine rings is 1. The Labute approximate surface area is 150 Å². The van der Waals surface area contributed by atoms with Crippen LogP contribution < -0.4 is 10.6 Å². The van der Waals surface area contributed by atoms with E-state index in [0.29, 0.717) is 22.6 Å². The summed E-state index contributed by atoms with van der Waals surface area (Å²) in [5, 5.41) is 7.81. The van der Waals surface area contributed by atoms with Gasteiger partial charge in [-0.15, -0.1) is 10.2 Å². The molecule has 0 aliphatic rings. The molecule has 12 heteroatoms. The van der Waals surface area contributed by atoms with E-state index >= 15 is 0 Å². The monoisotopic (exact) mass is 384 g/mol. The number of rotatable bonds is 4. The van der Waals surface area contributed by atoms with E-state index in [9.17, 15) is 13.2 Å². The number of hydrogen-bond donors (Lipinski definition) is 1. The Bertz CT molecular complexity index is 940. The maximum atomic E-state index is 12.9. The number of nitrogens with two attached hydrogens (primary N) is 1. The number of anilines is 2. The van der Waals surface area contributed by atoms with Crippen LogP contribution in [0.1, 0.15) is 23.6 Å². The third-order valence-electron chi connectivity index (χ3n) is 3.40. The summed E-state index contributed by atoms with van der Waals surface area (Å²) in [6.45, 7) is 1.80. The fourth-order valence-corrected chi connectivity index (χ4v) is 2.98. The first-order chi connectivity index (χ1) is 12.1. The van der Waals surface area contributed by atoms with Gasteiger partial charge in [-0.05, 0) is 19.1 Å². The second-order valence-corrected chi connectivity index (χ2v) is 6.94. The molecule has 8 nitrogen and oxygen atoms in total. The van der Waals surface area contributed by atoms with Crippen LogP contribution in [-0.2, 0) is 6.18 Å². The highest BCUT2D eigenvalue weighted by molar-refractivity contribution is 7.99. The van der Waals surface area contributed by atoms with Crippen molar-refractivity contribution in [3.05, 3.63) is 29.7 Å². The molecular formula is C14H15F3N8S. The van der Waals surface area contributed by atoms with Crippen molar-refractivity contribution in [3.63, 3.8) is 0 Å². The van der Waals surface area contributed by atoms with Crippen molar-refractivity contribution >= 4 is 29.3 Å². The van der Waals surface area contributed by atoms with Gasteiger partial charge in [-0.2, -0.15) is 28.1 Å². The van der Waals surface area contributed by atoms with Crippen LogP contribution in [0.25, 0.3) is 5.65 Å². The van der Waals surface area contributed by atoms with Crippen LogP contribution in [0.5, 0.6) is 0 Å². The third-order valence-corrected chi connectivity index (χ3v) is 4.46. The predicted octanol–water partition coefficient (Wildman–Crippen LogP) is 2.43. The van der Waals surface area contributed by atoms with E-state index in [1.807, 2.05) is 0 Å². The first kappa shape index (κ1) is 18.2. The highest BCUT2D eigenvalue weighted by Gasteiger charge is 2.31. The smallest absolute Gasteiger partial charge is 0.368 e. The Morgan fingerprint density at radius 2 is 1.88 bits per heavy atom. The maximum absolute atomic E-state index is 12.9. The van der Waals surface area contributed by atoms with E-state index in [1.165, 1.54) is 22.2 Å². The number of hydrogen-bond acceptors (Lipinski definition) is 8. The van der Waals surface area contributed by atoms with Crippen LogP contribution in [0.2, 0.25) is 0 Å². The van der Waals surface area contributed by atoms with Crippen LogP contribution in [-0.4, -0.2) is 43.6 Å². The van der Waals surface area contributed by atoms with Gasteiger partial charge in [0.25, 0.3) is 0 Å². The molecule has 0 saturated carbocycles. The number of nitrogen functional groups attached to an aromatic ring is 1. The second-order valence-electron chi connectivity index (χ2n) is 5.63. The highest BCUT2D eigenvalue weighted by Crippen LogP contribution is 2.34. The maximum Gasteiger partial charge on any atom is 0.417 e. The summed E-state index contributed by atoms with van der Waals surface area (Å²) in [4.78, 5) is 14.1. The molecule has 0 fully saturated rings. The topological polar surface area (TPSA) is 98.1 Å². The van der Waals surface area contributed by atoms with Gasteiger partial charge < -0.3 is 10.6 Å². The van der Waals surface area contributed by atoms with Crippen molar-refractivity contribution in [1.29, 1.82) is 0 Å². The normalized spacial score (nSPS) is 13.2. The number of halogens is 3. The second kappa shape index (κ2) is 6.59. The lowest BCUT2D eigenvalue weighted by atomic mass is 10.3. The Hall–Kier alpha value is -2.63. The Balaban J connectivity index is 1.93. The van der Waals surface area contributed by atoms with E-state index in [4.69, 9.17) is 5.73 Å². The zero-order valence-electron chi connectivity index (χ0n) is 14.1. The van der Waals surface area contributed by atoms with Gasteiger partial charge in [-0.1, -0.05) is 11.8 Å². The van der Waals surface area contributed by atoms with Crippen LogP contribution in [0.3, 0.4) is 0 Å². The lowest BCUT2D eigenvalue weighted by Crippen LogP contribution is -2.16. The van der Waals surface area contributed by atoms with Crippen molar-refractivity contribution in [2.45, 2.75) is 23.5 Å². The van der Waals surface area contributed by atoms with Gasteiger partial charge in [0.2, 0.25) is 11.9 Å². The molecule has 138 valence electrons. The molecule has 0 bridgehead atoms. The Morgan fingerprint density at radius 1 is 1.15 bits per heavy atom. The Kier molecular flexibility index (Phi) is 4.61. The summed E-state index contributed by atoms with van der Waals surface area (Å²) in [7, 11) is 3.53. The average Bonchev–Trinajstić information content (AvgIpc) is 2.95. The fraction of sp³-hybridized carbons (Fsp3) is 0.357. The molecule has 2 N–H and O–H groups in total. The van der Waals surface area contributed by atoms with Gasteiger partial charge in [0.1, 0.15) is 5.82 Å². The van der Waals surface area contributed by atoms with Crippen LogP contribution in [0, 0.1) is 0 Å². The van der Waals surface area contributed by atoms with Crippen LogP contribution in [0.15, 0.2) is 23.5 Å². The van der Waals surface area contributed by atoms with Crippen molar-refractivity contribution < 1.29 is 13.2 Å². The average molecular weight is 384 g/mol. The summed E-state index contributed by atoms with van der Waals surface area (Å²) in [6.07, 6.45) is -3.48. The minimum Gasteiger partial charge on any atom is -0.368 e. The molecular weight excluding hydrogens is 369 g/mol. The summed E-state index contributed by atoms with van der Waals surface area (Å²) >= 11 is 1.18. The number of thioether (sulfide) groups is 1.